The predicted molar refractivity (Wildman–Crippen MR) is 84.6 cm³/mol. The van der Waals surface area contributed by atoms with E-state index in [4.69, 9.17) is 0 Å². The lowest BCUT2D eigenvalue weighted by Crippen LogP contribution is -2.51. The van der Waals surface area contributed by atoms with Crippen LogP contribution in [0.25, 0.3) is 0 Å². The van der Waals surface area contributed by atoms with E-state index in [0.717, 1.165) is 50.4 Å². The second kappa shape index (κ2) is 6.90. The summed E-state index contributed by atoms with van der Waals surface area (Å²) in [6.45, 7) is 6.52. The molecule has 6 heteroatoms. The Morgan fingerprint density at radius 2 is 1.81 bits per heavy atom. The Kier molecular flexibility index (Phi) is 5.41. The summed E-state index contributed by atoms with van der Waals surface area (Å²) in [7, 11) is 0. The molecule has 120 valence electrons. The third-order valence-electron chi connectivity index (χ3n) is 4.76. The van der Waals surface area contributed by atoms with E-state index >= 15 is 0 Å². The molecule has 2 amide bonds. The standard InChI is InChI=1S/C15H26N2O3S/c1-15(2,13(18)19)12-5-3-6-17(11-12)14(20)16-7-4-9-21-10-8-16/h12H,3-11H2,1-2H3,(H,18,19). The van der Waals surface area contributed by atoms with Gasteiger partial charge in [-0.15, -0.1) is 0 Å². The summed E-state index contributed by atoms with van der Waals surface area (Å²) < 4.78 is 0. The van der Waals surface area contributed by atoms with Gasteiger partial charge in [-0.1, -0.05) is 0 Å². The molecular formula is C15H26N2O3S. The van der Waals surface area contributed by atoms with Gasteiger partial charge in [-0.05, 0) is 44.8 Å². The van der Waals surface area contributed by atoms with E-state index in [0.29, 0.717) is 6.54 Å². The minimum absolute atomic E-state index is 0.0362. The number of urea groups is 1. The molecule has 0 radical (unpaired) electrons. The number of likely N-dealkylation sites (tertiary alicyclic amines) is 1. The topological polar surface area (TPSA) is 60.9 Å². The Bertz CT molecular complexity index is 392. The van der Waals surface area contributed by atoms with Crippen molar-refractivity contribution in [3.8, 4) is 0 Å². The fourth-order valence-corrected chi connectivity index (χ4v) is 3.94. The van der Waals surface area contributed by atoms with E-state index in [-0.39, 0.29) is 11.9 Å². The quantitative estimate of drug-likeness (QED) is 0.850. The van der Waals surface area contributed by atoms with Crippen LogP contribution in [0, 0.1) is 11.3 Å². The molecule has 1 atom stereocenters. The first-order valence-corrected chi connectivity index (χ1v) is 8.93. The first kappa shape index (κ1) is 16.5. The lowest BCUT2D eigenvalue weighted by Gasteiger charge is -2.40. The first-order chi connectivity index (χ1) is 9.93. The number of thioether (sulfide) groups is 1. The number of carboxylic acids is 1. The number of amides is 2. The van der Waals surface area contributed by atoms with Gasteiger partial charge >= 0.3 is 12.0 Å². The fourth-order valence-electron chi connectivity index (χ4n) is 3.05. The molecule has 2 saturated heterocycles. The minimum atomic E-state index is -0.770. The van der Waals surface area contributed by atoms with Gasteiger partial charge in [-0.2, -0.15) is 11.8 Å². The van der Waals surface area contributed by atoms with Gasteiger partial charge in [0.2, 0.25) is 0 Å². The molecule has 2 aliphatic heterocycles. The van der Waals surface area contributed by atoms with E-state index in [1.165, 1.54) is 0 Å². The predicted octanol–water partition coefficient (Wildman–Crippen LogP) is 2.37. The molecule has 0 aromatic rings. The molecule has 0 bridgehead atoms. The van der Waals surface area contributed by atoms with Crippen molar-refractivity contribution in [2.75, 3.05) is 37.7 Å². The fraction of sp³-hybridized carbons (Fsp3) is 0.867. The van der Waals surface area contributed by atoms with E-state index in [1.807, 2.05) is 21.6 Å². The number of piperidine rings is 1. The second-order valence-corrected chi connectivity index (χ2v) is 7.77. The van der Waals surface area contributed by atoms with Gasteiger partial charge in [-0.3, -0.25) is 4.79 Å². The van der Waals surface area contributed by atoms with Crippen LogP contribution >= 0.6 is 11.8 Å². The van der Waals surface area contributed by atoms with Crippen LogP contribution in [-0.4, -0.2) is 64.6 Å². The normalized spacial score (nSPS) is 24.6. The molecule has 0 saturated carbocycles. The van der Waals surface area contributed by atoms with Crippen molar-refractivity contribution in [3.63, 3.8) is 0 Å². The van der Waals surface area contributed by atoms with Crippen molar-refractivity contribution in [2.24, 2.45) is 11.3 Å². The lowest BCUT2D eigenvalue weighted by molar-refractivity contribution is -0.151. The van der Waals surface area contributed by atoms with Crippen LogP contribution in [0.15, 0.2) is 0 Å². The van der Waals surface area contributed by atoms with Gasteiger partial charge in [0, 0.05) is 31.9 Å². The van der Waals surface area contributed by atoms with Gasteiger partial charge in [0.05, 0.1) is 5.41 Å². The average Bonchev–Trinajstić information content (AvgIpc) is 2.75. The summed E-state index contributed by atoms with van der Waals surface area (Å²) in [6.07, 6.45) is 2.84. The summed E-state index contributed by atoms with van der Waals surface area (Å²) in [4.78, 5) is 27.9. The molecule has 5 nitrogen and oxygen atoms in total. The van der Waals surface area contributed by atoms with E-state index in [9.17, 15) is 14.7 Å². The zero-order chi connectivity index (χ0) is 15.5. The lowest BCUT2D eigenvalue weighted by atomic mass is 9.74. The summed E-state index contributed by atoms with van der Waals surface area (Å²) in [5, 5.41) is 9.39. The highest BCUT2D eigenvalue weighted by atomic mass is 32.2. The maximum absolute atomic E-state index is 12.6. The Balaban J connectivity index is 1.99. The summed E-state index contributed by atoms with van der Waals surface area (Å²) >= 11 is 1.90. The molecule has 2 fully saturated rings. The van der Waals surface area contributed by atoms with Crippen molar-refractivity contribution in [1.82, 2.24) is 9.80 Å². The molecule has 0 aromatic heterocycles. The summed E-state index contributed by atoms with van der Waals surface area (Å²) in [6, 6.07) is 0.100. The zero-order valence-corrected chi connectivity index (χ0v) is 13.8. The smallest absolute Gasteiger partial charge is 0.320 e. The number of nitrogens with zero attached hydrogens (tertiary/aromatic N) is 2. The van der Waals surface area contributed by atoms with Gasteiger partial charge in [0.15, 0.2) is 0 Å². The average molecular weight is 314 g/mol. The number of hydrogen-bond donors (Lipinski definition) is 1. The van der Waals surface area contributed by atoms with Crippen LogP contribution in [0.5, 0.6) is 0 Å². The summed E-state index contributed by atoms with van der Waals surface area (Å²) in [5.74, 6) is 1.39. The Hall–Kier alpha value is -0.910. The van der Waals surface area contributed by atoms with Crippen LogP contribution < -0.4 is 0 Å². The van der Waals surface area contributed by atoms with Crippen LogP contribution in [-0.2, 0) is 4.79 Å². The molecule has 2 aliphatic rings. The van der Waals surface area contributed by atoms with E-state index in [1.54, 1.807) is 13.8 Å². The van der Waals surface area contributed by atoms with Gasteiger partial charge in [0.25, 0.3) is 0 Å². The molecule has 0 aromatic carbocycles. The molecule has 21 heavy (non-hydrogen) atoms. The molecule has 1 unspecified atom stereocenters. The molecule has 2 heterocycles. The number of aliphatic carboxylic acids is 1. The van der Waals surface area contributed by atoms with E-state index in [2.05, 4.69) is 0 Å². The largest absolute Gasteiger partial charge is 0.481 e. The first-order valence-electron chi connectivity index (χ1n) is 7.78. The van der Waals surface area contributed by atoms with Gasteiger partial charge in [-0.25, -0.2) is 4.79 Å². The van der Waals surface area contributed by atoms with Crippen LogP contribution in [0.2, 0.25) is 0 Å². The number of carbonyl (C=O) groups excluding carboxylic acids is 1. The highest BCUT2D eigenvalue weighted by molar-refractivity contribution is 7.99. The minimum Gasteiger partial charge on any atom is -0.481 e. The Morgan fingerprint density at radius 3 is 2.52 bits per heavy atom. The SMILES string of the molecule is CC(C)(C(=O)O)C1CCCN(C(=O)N2CCCSCC2)C1. The highest BCUT2D eigenvalue weighted by Gasteiger charge is 2.40. The highest BCUT2D eigenvalue weighted by Crippen LogP contribution is 2.34. The number of carbonyl (C=O) groups is 2. The monoisotopic (exact) mass is 314 g/mol. The van der Waals surface area contributed by atoms with E-state index < -0.39 is 11.4 Å². The maximum Gasteiger partial charge on any atom is 0.320 e. The van der Waals surface area contributed by atoms with Crippen LogP contribution in [0.4, 0.5) is 4.79 Å². The van der Waals surface area contributed by atoms with Crippen LogP contribution in [0.1, 0.15) is 33.1 Å². The van der Waals surface area contributed by atoms with Gasteiger partial charge in [0.1, 0.15) is 0 Å². The summed E-state index contributed by atoms with van der Waals surface area (Å²) in [5.41, 5.74) is -0.770. The number of rotatable bonds is 2. The van der Waals surface area contributed by atoms with Crippen molar-refractivity contribution in [3.05, 3.63) is 0 Å². The molecule has 0 spiro atoms. The Morgan fingerprint density at radius 1 is 1.10 bits per heavy atom. The van der Waals surface area contributed by atoms with Crippen molar-refractivity contribution in [2.45, 2.75) is 33.1 Å². The zero-order valence-electron chi connectivity index (χ0n) is 13.0. The molecular weight excluding hydrogens is 288 g/mol. The van der Waals surface area contributed by atoms with Crippen molar-refractivity contribution < 1.29 is 14.7 Å². The molecule has 1 N–H and O–H groups in total. The van der Waals surface area contributed by atoms with Crippen LogP contribution in [0.3, 0.4) is 0 Å². The maximum atomic E-state index is 12.6. The van der Waals surface area contributed by atoms with Crippen molar-refractivity contribution in [1.29, 1.82) is 0 Å². The van der Waals surface area contributed by atoms with Gasteiger partial charge < -0.3 is 14.9 Å². The third kappa shape index (κ3) is 3.84. The molecule has 0 aliphatic carbocycles. The number of carboxylic acid groups (broad SMARTS) is 1. The number of hydrogen-bond acceptors (Lipinski definition) is 3. The van der Waals surface area contributed by atoms with Crippen molar-refractivity contribution >= 4 is 23.8 Å². The Labute approximate surface area is 131 Å². The molecule has 2 rings (SSSR count). The third-order valence-corrected chi connectivity index (χ3v) is 5.81. The second-order valence-electron chi connectivity index (χ2n) is 6.55.